The standard InChI is InChI=1S/C26H16N2/c27-17-19-7-4-10-21(15-19)22-11-5-12-23(16-22)25-14-6-13-24(26(25)18-28)20-8-2-1-3-9-20/h1-16H. The molecular formula is C26H16N2. The predicted molar refractivity (Wildman–Crippen MR) is 112 cm³/mol. The van der Waals surface area contributed by atoms with Crippen molar-refractivity contribution >= 4 is 0 Å². The van der Waals surface area contributed by atoms with E-state index in [1.165, 1.54) is 0 Å². The van der Waals surface area contributed by atoms with Crippen LogP contribution in [0, 0.1) is 22.7 Å². The van der Waals surface area contributed by atoms with Gasteiger partial charge in [0, 0.05) is 11.1 Å². The van der Waals surface area contributed by atoms with Crippen molar-refractivity contribution in [3.8, 4) is 45.5 Å². The van der Waals surface area contributed by atoms with E-state index in [0.717, 1.165) is 33.4 Å². The second kappa shape index (κ2) is 7.62. The Balaban J connectivity index is 1.85. The molecule has 0 bridgehead atoms. The normalized spacial score (nSPS) is 10.1. The molecular weight excluding hydrogens is 340 g/mol. The number of nitriles is 2. The Morgan fingerprint density at radius 3 is 1.75 bits per heavy atom. The van der Waals surface area contributed by atoms with E-state index in [1.807, 2.05) is 84.9 Å². The third-order valence-electron chi connectivity index (χ3n) is 4.76. The molecule has 0 saturated heterocycles. The highest BCUT2D eigenvalue weighted by molar-refractivity contribution is 5.83. The number of nitrogens with zero attached hydrogens (tertiary/aromatic N) is 2. The summed E-state index contributed by atoms with van der Waals surface area (Å²) in [4.78, 5) is 0. The lowest BCUT2D eigenvalue weighted by molar-refractivity contribution is 1.47. The molecule has 0 aromatic heterocycles. The average molecular weight is 356 g/mol. The zero-order chi connectivity index (χ0) is 19.3. The maximum atomic E-state index is 9.89. The maximum absolute atomic E-state index is 9.89. The minimum absolute atomic E-state index is 0.631. The summed E-state index contributed by atoms with van der Waals surface area (Å²) in [6.07, 6.45) is 0. The van der Waals surface area contributed by atoms with Crippen LogP contribution in [0.15, 0.2) is 97.1 Å². The van der Waals surface area contributed by atoms with Gasteiger partial charge in [0.15, 0.2) is 0 Å². The van der Waals surface area contributed by atoms with Crippen molar-refractivity contribution in [1.29, 1.82) is 10.5 Å². The summed E-state index contributed by atoms with van der Waals surface area (Å²) in [7, 11) is 0. The lowest BCUT2D eigenvalue weighted by Gasteiger charge is -2.11. The van der Waals surface area contributed by atoms with Gasteiger partial charge in [0.05, 0.1) is 17.2 Å². The lowest BCUT2D eigenvalue weighted by Crippen LogP contribution is -1.90. The number of benzene rings is 4. The third kappa shape index (κ3) is 3.28. The van der Waals surface area contributed by atoms with Gasteiger partial charge in [-0.05, 0) is 40.5 Å². The first-order valence-electron chi connectivity index (χ1n) is 8.99. The average Bonchev–Trinajstić information content (AvgIpc) is 2.79. The van der Waals surface area contributed by atoms with E-state index in [0.29, 0.717) is 11.1 Å². The smallest absolute Gasteiger partial charge is 0.100 e. The van der Waals surface area contributed by atoms with Crippen molar-refractivity contribution in [2.24, 2.45) is 0 Å². The first-order valence-corrected chi connectivity index (χ1v) is 8.99. The Kier molecular flexibility index (Phi) is 4.70. The fourth-order valence-corrected chi connectivity index (χ4v) is 3.41. The Bertz CT molecular complexity index is 1230. The highest BCUT2D eigenvalue weighted by Crippen LogP contribution is 2.33. The quantitative estimate of drug-likeness (QED) is 0.424. The number of hydrogen-bond donors (Lipinski definition) is 0. The van der Waals surface area contributed by atoms with Crippen molar-refractivity contribution in [1.82, 2.24) is 0 Å². The van der Waals surface area contributed by atoms with Gasteiger partial charge in [-0.2, -0.15) is 10.5 Å². The summed E-state index contributed by atoms with van der Waals surface area (Å²) in [5.74, 6) is 0. The van der Waals surface area contributed by atoms with Crippen molar-refractivity contribution in [2.75, 3.05) is 0 Å². The summed E-state index contributed by atoms with van der Waals surface area (Å²) < 4.78 is 0. The second-order valence-corrected chi connectivity index (χ2v) is 6.48. The van der Waals surface area contributed by atoms with E-state index in [1.54, 1.807) is 6.07 Å². The van der Waals surface area contributed by atoms with Gasteiger partial charge in [-0.3, -0.25) is 0 Å². The van der Waals surface area contributed by atoms with E-state index < -0.39 is 0 Å². The largest absolute Gasteiger partial charge is 0.192 e. The zero-order valence-electron chi connectivity index (χ0n) is 15.1. The molecule has 0 spiro atoms. The SMILES string of the molecule is N#Cc1cccc(-c2cccc(-c3cccc(-c4ccccc4)c3C#N)c2)c1. The van der Waals surface area contributed by atoms with Crippen LogP contribution >= 0.6 is 0 Å². The molecule has 4 aromatic rings. The molecule has 0 atom stereocenters. The van der Waals surface area contributed by atoms with Crippen LogP contribution in [0.2, 0.25) is 0 Å². The summed E-state index contributed by atoms with van der Waals surface area (Å²) in [5.41, 5.74) is 7.14. The highest BCUT2D eigenvalue weighted by Gasteiger charge is 2.12. The molecule has 0 saturated carbocycles. The van der Waals surface area contributed by atoms with Gasteiger partial charge >= 0.3 is 0 Å². The molecule has 0 radical (unpaired) electrons. The van der Waals surface area contributed by atoms with Gasteiger partial charge in [0.1, 0.15) is 6.07 Å². The molecule has 0 N–H and O–H groups in total. The minimum Gasteiger partial charge on any atom is -0.192 e. The van der Waals surface area contributed by atoms with Crippen LogP contribution in [0.4, 0.5) is 0 Å². The summed E-state index contributed by atoms with van der Waals surface area (Å²) in [6.45, 7) is 0. The maximum Gasteiger partial charge on any atom is 0.100 e. The van der Waals surface area contributed by atoms with Crippen molar-refractivity contribution < 1.29 is 0 Å². The van der Waals surface area contributed by atoms with Crippen LogP contribution < -0.4 is 0 Å². The van der Waals surface area contributed by atoms with E-state index in [9.17, 15) is 5.26 Å². The van der Waals surface area contributed by atoms with Gasteiger partial charge in [-0.15, -0.1) is 0 Å². The van der Waals surface area contributed by atoms with Gasteiger partial charge in [0.2, 0.25) is 0 Å². The first kappa shape index (κ1) is 17.3. The Morgan fingerprint density at radius 1 is 0.464 bits per heavy atom. The summed E-state index contributed by atoms with van der Waals surface area (Å²) >= 11 is 0. The third-order valence-corrected chi connectivity index (χ3v) is 4.76. The molecule has 0 fully saturated rings. The topological polar surface area (TPSA) is 47.6 Å². The molecule has 0 aliphatic rings. The molecule has 28 heavy (non-hydrogen) atoms. The van der Waals surface area contributed by atoms with E-state index in [2.05, 4.69) is 18.2 Å². The second-order valence-electron chi connectivity index (χ2n) is 6.48. The van der Waals surface area contributed by atoms with Crippen LogP contribution in [-0.4, -0.2) is 0 Å². The number of hydrogen-bond acceptors (Lipinski definition) is 2. The summed E-state index contributed by atoms with van der Waals surface area (Å²) in [5, 5.41) is 19.1. The van der Waals surface area contributed by atoms with E-state index >= 15 is 0 Å². The molecule has 2 nitrogen and oxygen atoms in total. The molecule has 0 aliphatic heterocycles. The van der Waals surface area contributed by atoms with Crippen LogP contribution in [0.5, 0.6) is 0 Å². The molecule has 4 aromatic carbocycles. The van der Waals surface area contributed by atoms with Crippen molar-refractivity contribution in [3.05, 3.63) is 108 Å². The first-order chi connectivity index (χ1) is 13.8. The molecule has 0 unspecified atom stereocenters. The molecule has 4 rings (SSSR count). The van der Waals surface area contributed by atoms with Crippen LogP contribution in [-0.2, 0) is 0 Å². The van der Waals surface area contributed by atoms with Crippen molar-refractivity contribution in [3.63, 3.8) is 0 Å². The Hall–Kier alpha value is -4.14. The van der Waals surface area contributed by atoms with Gasteiger partial charge in [-0.25, -0.2) is 0 Å². The van der Waals surface area contributed by atoms with E-state index in [4.69, 9.17) is 5.26 Å². The predicted octanol–water partition coefficient (Wildman–Crippen LogP) is 6.43. The van der Waals surface area contributed by atoms with E-state index in [-0.39, 0.29) is 0 Å². The van der Waals surface area contributed by atoms with Gasteiger partial charge in [0.25, 0.3) is 0 Å². The lowest BCUT2D eigenvalue weighted by atomic mass is 9.91. The zero-order valence-corrected chi connectivity index (χ0v) is 15.1. The van der Waals surface area contributed by atoms with Crippen LogP contribution in [0.3, 0.4) is 0 Å². The molecule has 0 aliphatic carbocycles. The minimum atomic E-state index is 0.631. The molecule has 130 valence electrons. The molecule has 0 heterocycles. The van der Waals surface area contributed by atoms with Crippen LogP contribution in [0.1, 0.15) is 11.1 Å². The molecule has 2 heteroatoms. The Labute approximate surface area is 164 Å². The Morgan fingerprint density at radius 2 is 1.04 bits per heavy atom. The van der Waals surface area contributed by atoms with Gasteiger partial charge in [-0.1, -0.05) is 78.9 Å². The number of rotatable bonds is 3. The van der Waals surface area contributed by atoms with Crippen LogP contribution in [0.25, 0.3) is 33.4 Å². The van der Waals surface area contributed by atoms with Gasteiger partial charge < -0.3 is 0 Å². The van der Waals surface area contributed by atoms with Crippen molar-refractivity contribution in [2.45, 2.75) is 0 Å². The molecule has 0 amide bonds. The summed E-state index contributed by atoms with van der Waals surface area (Å²) in [6, 6.07) is 36.1. The fourth-order valence-electron chi connectivity index (χ4n) is 3.41. The highest BCUT2D eigenvalue weighted by atomic mass is 14.3. The monoisotopic (exact) mass is 356 g/mol. The fraction of sp³-hybridized carbons (Fsp3) is 0.